The van der Waals surface area contributed by atoms with E-state index in [-0.39, 0.29) is 5.92 Å². The van der Waals surface area contributed by atoms with Crippen molar-refractivity contribution < 1.29 is 9.26 Å². The quantitative estimate of drug-likeness (QED) is 0.789. The van der Waals surface area contributed by atoms with Crippen LogP contribution in [0.25, 0.3) is 11.1 Å². The van der Waals surface area contributed by atoms with E-state index in [2.05, 4.69) is 34.0 Å². The normalized spacial score (nSPS) is 11.2. The molecule has 3 heterocycles. The van der Waals surface area contributed by atoms with E-state index in [0.717, 1.165) is 5.56 Å². The standard InChI is InChI=1S/C14H15N5O2/c1-7(2)9-4-17-14-10(5-18-21-14)12(9)20-11-6-16-8(3)19-13(11)15/h4-7H,1-3H3,(H2,15,16,19). The van der Waals surface area contributed by atoms with Gasteiger partial charge in [-0.3, -0.25) is 0 Å². The van der Waals surface area contributed by atoms with Gasteiger partial charge in [0.1, 0.15) is 17.0 Å². The fourth-order valence-corrected chi connectivity index (χ4v) is 2.01. The zero-order valence-corrected chi connectivity index (χ0v) is 12.0. The molecule has 0 fully saturated rings. The molecule has 3 aromatic rings. The average molecular weight is 285 g/mol. The zero-order chi connectivity index (χ0) is 15.0. The van der Waals surface area contributed by atoms with E-state index in [9.17, 15) is 0 Å². The lowest BCUT2D eigenvalue weighted by Crippen LogP contribution is -2.01. The van der Waals surface area contributed by atoms with Gasteiger partial charge in [0.05, 0.1) is 12.4 Å². The highest BCUT2D eigenvalue weighted by Crippen LogP contribution is 2.37. The Morgan fingerprint density at radius 3 is 2.71 bits per heavy atom. The lowest BCUT2D eigenvalue weighted by Gasteiger charge is -2.14. The third kappa shape index (κ3) is 2.37. The molecule has 0 spiro atoms. The summed E-state index contributed by atoms with van der Waals surface area (Å²) in [6, 6.07) is 0. The van der Waals surface area contributed by atoms with Gasteiger partial charge in [-0.25, -0.2) is 15.0 Å². The molecule has 3 rings (SSSR count). The van der Waals surface area contributed by atoms with Crippen LogP contribution in [0.3, 0.4) is 0 Å². The molecule has 3 aromatic heterocycles. The lowest BCUT2D eigenvalue weighted by molar-refractivity contribution is 0.447. The van der Waals surface area contributed by atoms with Crippen molar-refractivity contribution in [3.63, 3.8) is 0 Å². The van der Waals surface area contributed by atoms with Gasteiger partial charge in [-0.15, -0.1) is 0 Å². The van der Waals surface area contributed by atoms with Crippen molar-refractivity contribution in [2.75, 3.05) is 5.73 Å². The second-order valence-electron chi connectivity index (χ2n) is 5.01. The van der Waals surface area contributed by atoms with Crippen molar-refractivity contribution in [2.24, 2.45) is 0 Å². The summed E-state index contributed by atoms with van der Waals surface area (Å²) in [6.07, 6.45) is 4.86. The minimum Gasteiger partial charge on any atom is -0.451 e. The van der Waals surface area contributed by atoms with Crippen LogP contribution in [0.15, 0.2) is 23.1 Å². The molecule has 0 aliphatic heterocycles. The number of aryl methyl sites for hydroxylation is 1. The van der Waals surface area contributed by atoms with Gasteiger partial charge in [-0.1, -0.05) is 19.0 Å². The average Bonchev–Trinajstić information content (AvgIpc) is 2.90. The zero-order valence-electron chi connectivity index (χ0n) is 12.0. The summed E-state index contributed by atoms with van der Waals surface area (Å²) in [5.41, 5.74) is 7.24. The van der Waals surface area contributed by atoms with Crippen molar-refractivity contribution in [2.45, 2.75) is 26.7 Å². The minimum absolute atomic E-state index is 0.222. The number of nitrogens with zero attached hydrogens (tertiary/aromatic N) is 4. The Hall–Kier alpha value is -2.70. The summed E-state index contributed by atoms with van der Waals surface area (Å²) >= 11 is 0. The number of fused-ring (bicyclic) bond motifs is 1. The molecule has 0 amide bonds. The third-order valence-electron chi connectivity index (χ3n) is 3.12. The van der Waals surface area contributed by atoms with E-state index in [4.69, 9.17) is 15.0 Å². The number of pyridine rings is 1. The van der Waals surface area contributed by atoms with Gasteiger partial charge >= 0.3 is 0 Å². The first-order valence-electron chi connectivity index (χ1n) is 6.56. The highest BCUT2D eigenvalue weighted by Gasteiger charge is 2.18. The van der Waals surface area contributed by atoms with Gasteiger partial charge < -0.3 is 15.0 Å². The molecule has 0 bridgehead atoms. The highest BCUT2D eigenvalue weighted by atomic mass is 16.5. The number of nitrogens with two attached hydrogens (primary N) is 1. The fourth-order valence-electron chi connectivity index (χ4n) is 2.01. The summed E-state index contributed by atoms with van der Waals surface area (Å²) in [4.78, 5) is 12.4. The smallest absolute Gasteiger partial charge is 0.261 e. The predicted octanol–water partition coefficient (Wildman–Crippen LogP) is 2.82. The molecule has 108 valence electrons. The molecule has 2 N–H and O–H groups in total. The first-order valence-corrected chi connectivity index (χ1v) is 6.56. The van der Waals surface area contributed by atoms with Crippen LogP contribution < -0.4 is 10.5 Å². The summed E-state index contributed by atoms with van der Waals surface area (Å²) in [5.74, 6) is 2.12. The maximum Gasteiger partial charge on any atom is 0.261 e. The van der Waals surface area contributed by atoms with Crippen molar-refractivity contribution in [3.05, 3.63) is 30.0 Å². The second-order valence-corrected chi connectivity index (χ2v) is 5.01. The van der Waals surface area contributed by atoms with Crippen molar-refractivity contribution in [1.29, 1.82) is 0 Å². The van der Waals surface area contributed by atoms with E-state index in [1.165, 1.54) is 0 Å². The largest absolute Gasteiger partial charge is 0.451 e. The number of anilines is 1. The maximum absolute atomic E-state index is 5.94. The topological polar surface area (TPSA) is 100.0 Å². The lowest BCUT2D eigenvalue weighted by atomic mass is 10.0. The molecule has 0 aromatic carbocycles. The maximum atomic E-state index is 5.94. The first-order chi connectivity index (χ1) is 10.1. The molecular formula is C14H15N5O2. The Balaban J connectivity index is 2.14. The molecule has 7 nitrogen and oxygen atoms in total. The molecule has 0 radical (unpaired) electrons. The monoisotopic (exact) mass is 285 g/mol. The van der Waals surface area contributed by atoms with Crippen LogP contribution in [-0.2, 0) is 0 Å². The predicted molar refractivity (Wildman–Crippen MR) is 77.1 cm³/mol. The molecule has 0 unspecified atom stereocenters. The van der Waals surface area contributed by atoms with Crippen LogP contribution in [0, 0.1) is 6.92 Å². The summed E-state index contributed by atoms with van der Waals surface area (Å²) < 4.78 is 11.0. The highest BCUT2D eigenvalue weighted by molar-refractivity contribution is 5.82. The van der Waals surface area contributed by atoms with Crippen molar-refractivity contribution in [3.8, 4) is 11.5 Å². The number of hydrogen-bond acceptors (Lipinski definition) is 7. The Morgan fingerprint density at radius 2 is 2.00 bits per heavy atom. The van der Waals surface area contributed by atoms with Crippen molar-refractivity contribution >= 4 is 16.9 Å². The van der Waals surface area contributed by atoms with Crippen LogP contribution in [-0.4, -0.2) is 20.1 Å². The first kappa shape index (κ1) is 13.3. The molecular weight excluding hydrogens is 270 g/mol. The van der Waals surface area contributed by atoms with E-state index in [1.54, 1.807) is 25.5 Å². The summed E-state index contributed by atoms with van der Waals surface area (Å²) in [6.45, 7) is 5.88. The van der Waals surface area contributed by atoms with E-state index < -0.39 is 0 Å². The fraction of sp³-hybridized carbons (Fsp3) is 0.286. The Kier molecular flexibility index (Phi) is 3.17. The molecule has 0 atom stereocenters. The van der Waals surface area contributed by atoms with Crippen LogP contribution in [0.5, 0.6) is 11.5 Å². The van der Waals surface area contributed by atoms with E-state index in [0.29, 0.717) is 34.2 Å². The number of aromatic nitrogens is 4. The minimum atomic E-state index is 0.222. The Labute approximate surface area is 121 Å². The molecule has 0 saturated heterocycles. The van der Waals surface area contributed by atoms with Crippen LogP contribution in [0.1, 0.15) is 31.2 Å². The van der Waals surface area contributed by atoms with Gasteiger partial charge in [0, 0.05) is 11.8 Å². The van der Waals surface area contributed by atoms with Crippen LogP contribution in [0.4, 0.5) is 5.82 Å². The van der Waals surface area contributed by atoms with Gasteiger partial charge in [-0.2, -0.15) is 0 Å². The molecule has 0 aliphatic carbocycles. The second kappa shape index (κ2) is 5.01. The van der Waals surface area contributed by atoms with Crippen LogP contribution in [0.2, 0.25) is 0 Å². The van der Waals surface area contributed by atoms with E-state index in [1.807, 2.05) is 0 Å². The van der Waals surface area contributed by atoms with Gasteiger partial charge in [0.25, 0.3) is 5.71 Å². The number of ether oxygens (including phenoxy) is 1. The number of rotatable bonds is 3. The van der Waals surface area contributed by atoms with Gasteiger partial charge in [0.15, 0.2) is 11.6 Å². The molecule has 7 heteroatoms. The number of hydrogen-bond donors (Lipinski definition) is 1. The Bertz CT molecular complexity index is 797. The van der Waals surface area contributed by atoms with Gasteiger partial charge in [0.2, 0.25) is 0 Å². The molecule has 21 heavy (non-hydrogen) atoms. The summed E-state index contributed by atoms with van der Waals surface area (Å²) in [7, 11) is 0. The molecule has 0 saturated carbocycles. The Morgan fingerprint density at radius 1 is 1.19 bits per heavy atom. The SMILES string of the molecule is Cc1ncc(Oc2c(C(C)C)cnc3oncc23)c(N)n1. The molecule has 0 aliphatic rings. The van der Waals surface area contributed by atoms with E-state index >= 15 is 0 Å². The third-order valence-corrected chi connectivity index (χ3v) is 3.12. The summed E-state index contributed by atoms with van der Waals surface area (Å²) in [5, 5.41) is 4.46. The number of nitrogen functional groups attached to an aromatic ring is 1. The van der Waals surface area contributed by atoms with Crippen LogP contribution >= 0.6 is 0 Å². The van der Waals surface area contributed by atoms with Gasteiger partial charge in [-0.05, 0) is 12.8 Å². The van der Waals surface area contributed by atoms with Crippen molar-refractivity contribution in [1.82, 2.24) is 20.1 Å².